The van der Waals surface area contributed by atoms with Crippen molar-refractivity contribution in [1.29, 1.82) is 0 Å². The minimum atomic E-state index is 0.261. The second kappa shape index (κ2) is 7.89. The SMILES string of the molecule is CC(C)C(/C=C\c1ccc(Cl)cc1)=N/NC(=S)NN. The predicted molar refractivity (Wildman–Crippen MR) is 85.8 cm³/mol. The molecule has 0 atom stereocenters. The molecule has 0 saturated heterocycles. The van der Waals surface area contributed by atoms with Gasteiger partial charge in [-0.2, -0.15) is 5.10 Å². The number of hydrazine groups is 1. The molecule has 0 heterocycles. The molecule has 19 heavy (non-hydrogen) atoms. The van der Waals surface area contributed by atoms with E-state index < -0.39 is 0 Å². The van der Waals surface area contributed by atoms with Crippen molar-refractivity contribution in [3.63, 3.8) is 0 Å². The van der Waals surface area contributed by atoms with Crippen molar-refractivity contribution in [2.75, 3.05) is 0 Å². The summed E-state index contributed by atoms with van der Waals surface area (Å²) in [6.45, 7) is 4.09. The number of benzene rings is 1. The van der Waals surface area contributed by atoms with Crippen molar-refractivity contribution >= 4 is 40.7 Å². The van der Waals surface area contributed by atoms with Crippen LogP contribution in [0.5, 0.6) is 0 Å². The molecule has 6 heteroatoms. The fourth-order valence-electron chi connectivity index (χ4n) is 1.26. The number of hydrogen-bond donors (Lipinski definition) is 3. The lowest BCUT2D eigenvalue weighted by atomic mass is 10.1. The lowest BCUT2D eigenvalue weighted by Crippen LogP contribution is -2.37. The largest absolute Gasteiger partial charge is 0.300 e. The van der Waals surface area contributed by atoms with Gasteiger partial charge in [-0.25, -0.2) is 5.84 Å². The van der Waals surface area contributed by atoms with E-state index in [2.05, 4.69) is 16.0 Å². The maximum atomic E-state index is 5.83. The van der Waals surface area contributed by atoms with E-state index in [1.807, 2.05) is 50.3 Å². The zero-order valence-corrected chi connectivity index (χ0v) is 12.4. The van der Waals surface area contributed by atoms with Gasteiger partial charge in [0.05, 0.1) is 5.71 Å². The van der Waals surface area contributed by atoms with E-state index in [9.17, 15) is 0 Å². The molecule has 0 aliphatic rings. The van der Waals surface area contributed by atoms with Gasteiger partial charge in [-0.1, -0.05) is 43.7 Å². The van der Waals surface area contributed by atoms with E-state index >= 15 is 0 Å². The standard InChI is InChI=1S/C13H17ClN4S/c1-9(2)12(17-18-13(19)16-15)8-5-10-3-6-11(14)7-4-10/h3-9H,15H2,1-2H3,(H2,16,18,19)/b8-5-,17-12+. The first kappa shape index (κ1) is 15.6. The van der Waals surface area contributed by atoms with Crippen molar-refractivity contribution in [2.24, 2.45) is 16.9 Å². The third kappa shape index (κ3) is 5.83. The van der Waals surface area contributed by atoms with Crippen LogP contribution in [0, 0.1) is 5.92 Å². The number of nitrogens with zero attached hydrogens (tertiary/aromatic N) is 1. The van der Waals surface area contributed by atoms with Crippen LogP contribution in [-0.2, 0) is 0 Å². The molecule has 0 bridgehead atoms. The topological polar surface area (TPSA) is 62.4 Å². The molecule has 4 N–H and O–H groups in total. The number of halogens is 1. The number of rotatable bonds is 4. The zero-order valence-electron chi connectivity index (χ0n) is 10.9. The Hall–Kier alpha value is -1.43. The fourth-order valence-corrected chi connectivity index (χ4v) is 1.43. The Morgan fingerprint density at radius 2 is 2.00 bits per heavy atom. The average molecular weight is 297 g/mol. The highest BCUT2D eigenvalue weighted by molar-refractivity contribution is 7.80. The number of allylic oxidation sites excluding steroid dienone is 1. The summed E-state index contributed by atoms with van der Waals surface area (Å²) >= 11 is 10.7. The summed E-state index contributed by atoms with van der Waals surface area (Å²) in [7, 11) is 0. The highest BCUT2D eigenvalue weighted by atomic mass is 35.5. The molecule has 1 rings (SSSR count). The van der Waals surface area contributed by atoms with Crippen LogP contribution in [0.4, 0.5) is 0 Å². The molecular weight excluding hydrogens is 280 g/mol. The van der Waals surface area contributed by atoms with Crippen LogP contribution in [-0.4, -0.2) is 10.8 Å². The number of hydrogen-bond acceptors (Lipinski definition) is 3. The number of thiocarbonyl (C=S) groups is 1. The molecule has 0 aromatic heterocycles. The summed E-state index contributed by atoms with van der Waals surface area (Å²) in [6.07, 6.45) is 3.90. The second-order valence-corrected chi connectivity index (χ2v) is 5.01. The van der Waals surface area contributed by atoms with Gasteiger partial charge in [-0.05, 0) is 41.9 Å². The third-order valence-corrected chi connectivity index (χ3v) is 2.79. The molecule has 0 radical (unpaired) electrons. The Bertz CT molecular complexity index is 480. The minimum absolute atomic E-state index is 0.261. The number of hydrazone groups is 1. The highest BCUT2D eigenvalue weighted by Crippen LogP contribution is 2.11. The van der Waals surface area contributed by atoms with Crippen molar-refractivity contribution in [1.82, 2.24) is 10.9 Å². The van der Waals surface area contributed by atoms with Crippen LogP contribution in [0.25, 0.3) is 6.08 Å². The summed E-state index contributed by atoms with van der Waals surface area (Å²) in [6, 6.07) is 7.57. The van der Waals surface area contributed by atoms with Crippen molar-refractivity contribution in [3.8, 4) is 0 Å². The molecule has 0 aliphatic carbocycles. The molecule has 1 aromatic rings. The van der Waals surface area contributed by atoms with E-state index in [-0.39, 0.29) is 11.0 Å². The maximum Gasteiger partial charge on any atom is 0.201 e. The summed E-state index contributed by atoms with van der Waals surface area (Å²) < 4.78 is 0. The lowest BCUT2D eigenvalue weighted by molar-refractivity contribution is 0.853. The monoisotopic (exact) mass is 296 g/mol. The van der Waals surface area contributed by atoms with Crippen LogP contribution < -0.4 is 16.7 Å². The molecule has 0 unspecified atom stereocenters. The minimum Gasteiger partial charge on any atom is -0.300 e. The van der Waals surface area contributed by atoms with Crippen LogP contribution >= 0.6 is 23.8 Å². The molecule has 0 spiro atoms. The fraction of sp³-hybridized carbons (Fsp3) is 0.231. The normalized spacial score (nSPS) is 11.9. The Morgan fingerprint density at radius 3 is 2.53 bits per heavy atom. The van der Waals surface area contributed by atoms with E-state index in [1.165, 1.54) is 0 Å². The van der Waals surface area contributed by atoms with Gasteiger partial charge in [0.25, 0.3) is 0 Å². The van der Waals surface area contributed by atoms with E-state index in [0.29, 0.717) is 0 Å². The number of nitrogens with one attached hydrogen (secondary N) is 2. The van der Waals surface area contributed by atoms with Gasteiger partial charge in [-0.3, -0.25) is 10.9 Å². The van der Waals surface area contributed by atoms with Crippen molar-refractivity contribution in [2.45, 2.75) is 13.8 Å². The first-order chi connectivity index (χ1) is 9.02. The molecule has 102 valence electrons. The van der Waals surface area contributed by atoms with E-state index in [0.717, 1.165) is 16.3 Å². The Morgan fingerprint density at radius 1 is 1.37 bits per heavy atom. The lowest BCUT2D eigenvalue weighted by Gasteiger charge is -2.07. The van der Waals surface area contributed by atoms with Gasteiger partial charge >= 0.3 is 0 Å². The number of nitrogens with two attached hydrogens (primary N) is 1. The van der Waals surface area contributed by atoms with E-state index in [4.69, 9.17) is 29.7 Å². The predicted octanol–water partition coefficient (Wildman–Crippen LogP) is 2.70. The summed E-state index contributed by atoms with van der Waals surface area (Å²) in [5, 5.41) is 5.19. The summed E-state index contributed by atoms with van der Waals surface area (Å²) in [4.78, 5) is 0. The Kier molecular flexibility index (Phi) is 6.49. The van der Waals surface area contributed by atoms with Crippen molar-refractivity contribution in [3.05, 3.63) is 40.9 Å². The molecule has 0 saturated carbocycles. The third-order valence-electron chi connectivity index (χ3n) is 2.33. The second-order valence-electron chi connectivity index (χ2n) is 4.16. The van der Waals surface area contributed by atoms with Crippen molar-refractivity contribution < 1.29 is 0 Å². The van der Waals surface area contributed by atoms with Crippen LogP contribution in [0.3, 0.4) is 0 Å². The first-order valence-electron chi connectivity index (χ1n) is 5.80. The van der Waals surface area contributed by atoms with E-state index in [1.54, 1.807) is 0 Å². The molecule has 4 nitrogen and oxygen atoms in total. The first-order valence-corrected chi connectivity index (χ1v) is 6.59. The quantitative estimate of drug-likeness (QED) is 0.346. The Balaban J connectivity index is 2.78. The zero-order chi connectivity index (χ0) is 14.3. The van der Waals surface area contributed by atoms with Gasteiger partial charge in [-0.15, -0.1) is 0 Å². The van der Waals surface area contributed by atoms with Gasteiger partial charge in [0.1, 0.15) is 0 Å². The average Bonchev–Trinajstić information content (AvgIpc) is 2.39. The molecule has 0 fully saturated rings. The van der Waals surface area contributed by atoms with Gasteiger partial charge < -0.3 is 0 Å². The summed E-state index contributed by atoms with van der Waals surface area (Å²) in [5.41, 5.74) is 6.90. The molecule has 0 aliphatic heterocycles. The highest BCUT2D eigenvalue weighted by Gasteiger charge is 2.01. The maximum absolute atomic E-state index is 5.83. The molecule has 0 amide bonds. The van der Waals surface area contributed by atoms with Crippen LogP contribution in [0.1, 0.15) is 19.4 Å². The van der Waals surface area contributed by atoms with Crippen LogP contribution in [0.15, 0.2) is 35.4 Å². The molecule has 1 aromatic carbocycles. The van der Waals surface area contributed by atoms with Gasteiger partial charge in [0, 0.05) is 5.02 Å². The van der Waals surface area contributed by atoms with Gasteiger partial charge in [0.2, 0.25) is 5.11 Å². The molecular formula is C13H17ClN4S. The Labute approximate surface area is 123 Å². The van der Waals surface area contributed by atoms with Crippen LogP contribution in [0.2, 0.25) is 5.02 Å². The van der Waals surface area contributed by atoms with Gasteiger partial charge in [0.15, 0.2) is 0 Å². The smallest absolute Gasteiger partial charge is 0.201 e. The summed E-state index contributed by atoms with van der Waals surface area (Å²) in [5.74, 6) is 5.42.